The fourth-order valence-corrected chi connectivity index (χ4v) is 2.28. The second-order valence-electron chi connectivity index (χ2n) is 3.91. The van der Waals surface area contributed by atoms with Crippen LogP contribution in [-0.4, -0.2) is 29.4 Å². The Morgan fingerprint density at radius 3 is 2.23 bits per heavy atom. The Hall–Kier alpha value is 0.540. The molecule has 0 aliphatic carbocycles. The van der Waals surface area contributed by atoms with E-state index in [0.29, 0.717) is 0 Å². The number of rotatable bonds is 3. The summed E-state index contributed by atoms with van der Waals surface area (Å²) < 4.78 is 0. The lowest BCUT2D eigenvalue weighted by Gasteiger charge is -2.38. The van der Waals surface area contributed by atoms with Gasteiger partial charge in [0.1, 0.15) is 0 Å². The lowest BCUT2D eigenvalue weighted by molar-refractivity contribution is 0.104. The number of piperidine rings is 1. The molecular weight excluding hydrogens is 205 g/mol. The number of alkyl halides is 1. The topological polar surface area (TPSA) is 3.24 Å². The summed E-state index contributed by atoms with van der Waals surface area (Å²) >= 11 is 5.69. The van der Waals surface area contributed by atoms with E-state index in [0.717, 1.165) is 24.4 Å². The minimum Gasteiger partial charge on any atom is -0.298 e. The summed E-state index contributed by atoms with van der Waals surface area (Å²) in [6.07, 6.45) is 5.27. The van der Waals surface area contributed by atoms with E-state index in [9.17, 15) is 0 Å². The third-order valence-corrected chi connectivity index (χ3v) is 3.19. The number of nitrogens with zero attached hydrogens (tertiary/aromatic N) is 1. The molecule has 1 fully saturated rings. The quantitative estimate of drug-likeness (QED) is 0.667. The number of hydrogen-bond acceptors (Lipinski definition) is 1. The SMILES string of the molecule is CC1CCCC(C)N1CCCCl.Cl. The van der Waals surface area contributed by atoms with Crippen LogP contribution in [0.2, 0.25) is 0 Å². The zero-order valence-electron chi connectivity index (χ0n) is 8.63. The van der Waals surface area contributed by atoms with Crippen LogP contribution in [0.15, 0.2) is 0 Å². The summed E-state index contributed by atoms with van der Waals surface area (Å²) in [5, 5.41) is 0. The third kappa shape index (κ3) is 4.05. The average molecular weight is 226 g/mol. The average Bonchev–Trinajstić information content (AvgIpc) is 2.04. The standard InChI is InChI=1S/C10H20ClN.ClH/c1-9-5-3-6-10(2)12(9)8-4-7-11;/h9-10H,3-8H2,1-2H3;1H. The first kappa shape index (κ1) is 13.5. The Kier molecular flexibility index (Phi) is 7.20. The Bertz CT molecular complexity index is 120. The van der Waals surface area contributed by atoms with Gasteiger partial charge in [-0.15, -0.1) is 24.0 Å². The van der Waals surface area contributed by atoms with Crippen molar-refractivity contribution in [3.8, 4) is 0 Å². The highest BCUT2D eigenvalue weighted by molar-refractivity contribution is 6.17. The molecule has 0 spiro atoms. The van der Waals surface area contributed by atoms with Crippen molar-refractivity contribution in [3.63, 3.8) is 0 Å². The fourth-order valence-electron chi connectivity index (χ4n) is 2.16. The van der Waals surface area contributed by atoms with Crippen LogP contribution >= 0.6 is 24.0 Å². The van der Waals surface area contributed by atoms with E-state index in [-0.39, 0.29) is 12.4 Å². The Labute approximate surface area is 93.2 Å². The van der Waals surface area contributed by atoms with Crippen LogP contribution in [0.25, 0.3) is 0 Å². The summed E-state index contributed by atoms with van der Waals surface area (Å²) in [4.78, 5) is 2.60. The van der Waals surface area contributed by atoms with E-state index in [1.807, 2.05) is 0 Å². The van der Waals surface area contributed by atoms with E-state index in [4.69, 9.17) is 11.6 Å². The van der Waals surface area contributed by atoms with Gasteiger partial charge in [-0.1, -0.05) is 6.42 Å². The van der Waals surface area contributed by atoms with Crippen LogP contribution in [0.3, 0.4) is 0 Å². The Morgan fingerprint density at radius 1 is 1.23 bits per heavy atom. The number of likely N-dealkylation sites (tertiary alicyclic amines) is 1. The lowest BCUT2D eigenvalue weighted by atomic mass is 9.97. The predicted molar refractivity (Wildman–Crippen MR) is 62.1 cm³/mol. The minimum atomic E-state index is 0. The van der Waals surface area contributed by atoms with E-state index < -0.39 is 0 Å². The smallest absolute Gasteiger partial charge is 0.0235 e. The van der Waals surface area contributed by atoms with Gasteiger partial charge >= 0.3 is 0 Å². The molecule has 1 rings (SSSR count). The van der Waals surface area contributed by atoms with Crippen molar-refractivity contribution < 1.29 is 0 Å². The molecule has 1 heterocycles. The largest absolute Gasteiger partial charge is 0.298 e. The first-order valence-corrected chi connectivity index (χ1v) is 5.61. The number of halogens is 2. The van der Waals surface area contributed by atoms with Gasteiger partial charge < -0.3 is 0 Å². The maximum absolute atomic E-state index is 5.69. The van der Waals surface area contributed by atoms with Gasteiger partial charge in [-0.3, -0.25) is 4.90 Å². The van der Waals surface area contributed by atoms with Gasteiger partial charge in [0.25, 0.3) is 0 Å². The predicted octanol–water partition coefficient (Wildman–Crippen LogP) is 3.30. The Balaban J connectivity index is 0.00000144. The third-order valence-electron chi connectivity index (χ3n) is 2.93. The van der Waals surface area contributed by atoms with Crippen molar-refractivity contribution in [2.24, 2.45) is 0 Å². The molecule has 1 saturated heterocycles. The minimum absolute atomic E-state index is 0. The molecule has 0 radical (unpaired) electrons. The van der Waals surface area contributed by atoms with Gasteiger partial charge in [0, 0.05) is 18.0 Å². The van der Waals surface area contributed by atoms with E-state index in [1.165, 1.54) is 25.8 Å². The van der Waals surface area contributed by atoms with Crippen LogP contribution < -0.4 is 0 Å². The molecule has 0 saturated carbocycles. The van der Waals surface area contributed by atoms with Crippen molar-refractivity contribution in [1.82, 2.24) is 4.90 Å². The van der Waals surface area contributed by atoms with Crippen LogP contribution in [0, 0.1) is 0 Å². The summed E-state index contributed by atoms with van der Waals surface area (Å²) in [5.74, 6) is 0.802. The van der Waals surface area contributed by atoms with Crippen LogP contribution in [-0.2, 0) is 0 Å². The first-order valence-electron chi connectivity index (χ1n) is 5.07. The maximum atomic E-state index is 5.69. The van der Waals surface area contributed by atoms with Gasteiger partial charge in [0.15, 0.2) is 0 Å². The van der Waals surface area contributed by atoms with Crippen molar-refractivity contribution in [2.75, 3.05) is 12.4 Å². The second kappa shape index (κ2) is 6.92. The molecule has 0 aromatic rings. The molecule has 0 amide bonds. The first-order chi connectivity index (χ1) is 5.75. The normalized spacial score (nSPS) is 29.8. The summed E-state index contributed by atoms with van der Waals surface area (Å²) in [7, 11) is 0. The molecule has 80 valence electrons. The molecule has 13 heavy (non-hydrogen) atoms. The zero-order chi connectivity index (χ0) is 8.97. The molecule has 0 aromatic carbocycles. The number of hydrogen-bond donors (Lipinski definition) is 0. The lowest BCUT2D eigenvalue weighted by Crippen LogP contribution is -2.44. The molecule has 1 aliphatic heterocycles. The fraction of sp³-hybridized carbons (Fsp3) is 1.00. The molecule has 1 nitrogen and oxygen atoms in total. The molecule has 0 bridgehead atoms. The van der Waals surface area contributed by atoms with Gasteiger partial charge in [0.05, 0.1) is 0 Å². The van der Waals surface area contributed by atoms with E-state index in [2.05, 4.69) is 18.7 Å². The van der Waals surface area contributed by atoms with Crippen molar-refractivity contribution in [1.29, 1.82) is 0 Å². The van der Waals surface area contributed by atoms with Gasteiger partial charge in [-0.2, -0.15) is 0 Å². The summed E-state index contributed by atoms with van der Waals surface area (Å²) in [5.41, 5.74) is 0. The highest BCUT2D eigenvalue weighted by Crippen LogP contribution is 2.22. The molecule has 2 atom stereocenters. The van der Waals surface area contributed by atoms with Crippen LogP contribution in [0.5, 0.6) is 0 Å². The molecule has 1 aliphatic rings. The van der Waals surface area contributed by atoms with Gasteiger partial charge in [-0.25, -0.2) is 0 Å². The van der Waals surface area contributed by atoms with E-state index >= 15 is 0 Å². The van der Waals surface area contributed by atoms with Crippen molar-refractivity contribution in [2.45, 2.75) is 51.6 Å². The molecule has 0 aromatic heterocycles. The molecule has 0 N–H and O–H groups in total. The monoisotopic (exact) mass is 225 g/mol. The second-order valence-corrected chi connectivity index (χ2v) is 4.29. The van der Waals surface area contributed by atoms with Crippen LogP contribution in [0.4, 0.5) is 0 Å². The highest BCUT2D eigenvalue weighted by atomic mass is 35.5. The molecule has 3 heteroatoms. The highest BCUT2D eigenvalue weighted by Gasteiger charge is 2.23. The molecular formula is C10H21Cl2N. The summed E-state index contributed by atoms with van der Waals surface area (Å²) in [6.45, 7) is 5.86. The van der Waals surface area contributed by atoms with E-state index in [1.54, 1.807) is 0 Å². The molecule has 2 unspecified atom stereocenters. The maximum Gasteiger partial charge on any atom is 0.0235 e. The van der Waals surface area contributed by atoms with Gasteiger partial charge in [0.2, 0.25) is 0 Å². The summed E-state index contributed by atoms with van der Waals surface area (Å²) in [6, 6.07) is 1.55. The van der Waals surface area contributed by atoms with Crippen LogP contribution in [0.1, 0.15) is 39.5 Å². The van der Waals surface area contributed by atoms with Gasteiger partial charge in [-0.05, 0) is 39.7 Å². The zero-order valence-corrected chi connectivity index (χ0v) is 10.2. The Morgan fingerprint density at radius 2 is 1.77 bits per heavy atom. The van der Waals surface area contributed by atoms with Crippen molar-refractivity contribution >= 4 is 24.0 Å². The van der Waals surface area contributed by atoms with Crippen molar-refractivity contribution in [3.05, 3.63) is 0 Å².